The summed E-state index contributed by atoms with van der Waals surface area (Å²) in [5.74, 6) is -0.227. The Morgan fingerprint density at radius 2 is 2.21 bits per heavy atom. The van der Waals surface area contributed by atoms with Gasteiger partial charge in [0.2, 0.25) is 0 Å². The number of hydrogen-bond donors (Lipinski definition) is 2. The lowest BCUT2D eigenvalue weighted by atomic mass is 9.91. The number of pyridine rings is 1. The summed E-state index contributed by atoms with van der Waals surface area (Å²) in [5, 5.41) is 14.0. The fraction of sp³-hybridized carbons (Fsp3) is 0.429. The maximum atomic E-state index is 14.1. The van der Waals surface area contributed by atoms with Crippen molar-refractivity contribution in [3.63, 3.8) is 0 Å². The summed E-state index contributed by atoms with van der Waals surface area (Å²) in [5.41, 5.74) is -0.148. The highest BCUT2D eigenvalue weighted by atomic mass is 19.1. The van der Waals surface area contributed by atoms with Crippen LogP contribution in [0, 0.1) is 5.82 Å². The Labute approximate surface area is 164 Å². The molecule has 150 valence electrons. The van der Waals surface area contributed by atoms with Gasteiger partial charge in [0, 0.05) is 50.1 Å². The summed E-state index contributed by atoms with van der Waals surface area (Å²) in [7, 11) is 1.51. The molecular formula is C21H26FN3O3. The third kappa shape index (κ3) is 4.85. The molecular weight excluding hydrogens is 361 g/mol. The van der Waals surface area contributed by atoms with E-state index < -0.39 is 11.4 Å². The fourth-order valence-corrected chi connectivity index (χ4v) is 3.44. The molecule has 2 aromatic rings. The highest BCUT2D eigenvalue weighted by Gasteiger charge is 2.41. The van der Waals surface area contributed by atoms with E-state index in [4.69, 9.17) is 4.74 Å². The van der Waals surface area contributed by atoms with Crippen LogP contribution in [0.1, 0.15) is 24.1 Å². The van der Waals surface area contributed by atoms with Gasteiger partial charge >= 0.3 is 0 Å². The Morgan fingerprint density at radius 3 is 2.96 bits per heavy atom. The number of likely N-dealkylation sites (tertiary alicyclic amines) is 1. The summed E-state index contributed by atoms with van der Waals surface area (Å²) in [6, 6.07) is 10.2. The van der Waals surface area contributed by atoms with Crippen molar-refractivity contribution in [1.82, 2.24) is 15.2 Å². The van der Waals surface area contributed by atoms with Gasteiger partial charge in [-0.2, -0.15) is 0 Å². The Morgan fingerprint density at radius 1 is 1.36 bits per heavy atom. The van der Waals surface area contributed by atoms with Gasteiger partial charge in [0.1, 0.15) is 11.6 Å². The Bertz CT molecular complexity index is 803. The zero-order chi connectivity index (χ0) is 20.0. The minimum Gasteiger partial charge on any atom is -0.497 e. The van der Waals surface area contributed by atoms with Gasteiger partial charge in [0.15, 0.2) is 5.60 Å². The van der Waals surface area contributed by atoms with Gasteiger partial charge in [0.05, 0.1) is 7.11 Å². The lowest BCUT2D eigenvalue weighted by molar-refractivity contribution is -0.157. The first-order valence-corrected chi connectivity index (χ1v) is 9.46. The maximum Gasteiger partial charge on any atom is 0.256 e. The molecule has 0 spiro atoms. The number of aromatic nitrogens is 1. The minimum atomic E-state index is -1.47. The Balaban J connectivity index is 1.58. The minimum absolute atomic E-state index is 0.109. The molecule has 0 aliphatic carbocycles. The number of halogens is 1. The van der Waals surface area contributed by atoms with Crippen LogP contribution >= 0.6 is 0 Å². The standard InChI is InChI=1S/C21H26FN3O3/c1-28-18-6-7-19(22)16(13-18)14-25-12-4-9-21(27,20(25)26)15-23-11-8-17-5-2-3-10-24-17/h2-3,5-7,10,13,23,27H,4,8-9,11-12,14-15H2,1H3/t21-/m0/s1. The highest BCUT2D eigenvalue weighted by molar-refractivity contribution is 5.86. The van der Waals surface area contributed by atoms with E-state index >= 15 is 0 Å². The number of rotatable bonds is 8. The molecule has 7 heteroatoms. The van der Waals surface area contributed by atoms with E-state index in [1.54, 1.807) is 18.3 Å². The predicted octanol–water partition coefficient (Wildman–Crippen LogP) is 1.92. The van der Waals surface area contributed by atoms with Crippen molar-refractivity contribution in [3.05, 3.63) is 59.7 Å². The molecule has 0 unspecified atom stereocenters. The molecule has 1 aliphatic rings. The summed E-state index contributed by atoms with van der Waals surface area (Å²) >= 11 is 0. The van der Waals surface area contributed by atoms with E-state index in [1.807, 2.05) is 18.2 Å². The van der Waals surface area contributed by atoms with E-state index in [1.165, 1.54) is 18.1 Å². The van der Waals surface area contributed by atoms with Crippen LogP contribution < -0.4 is 10.1 Å². The largest absolute Gasteiger partial charge is 0.497 e. The molecule has 0 saturated carbocycles. The molecule has 0 bridgehead atoms. The molecule has 2 N–H and O–H groups in total. The van der Waals surface area contributed by atoms with Gasteiger partial charge in [-0.25, -0.2) is 4.39 Å². The maximum absolute atomic E-state index is 14.1. The first-order valence-electron chi connectivity index (χ1n) is 9.46. The molecule has 1 atom stereocenters. The Hall–Kier alpha value is -2.51. The van der Waals surface area contributed by atoms with Crippen molar-refractivity contribution in [2.75, 3.05) is 26.7 Å². The number of methoxy groups -OCH3 is 1. The second-order valence-electron chi connectivity index (χ2n) is 7.07. The van der Waals surface area contributed by atoms with E-state index in [0.29, 0.717) is 43.7 Å². The molecule has 0 radical (unpaired) electrons. The topological polar surface area (TPSA) is 74.7 Å². The molecule has 1 fully saturated rings. The molecule has 1 amide bonds. The molecule has 1 aliphatic heterocycles. The predicted molar refractivity (Wildman–Crippen MR) is 103 cm³/mol. The molecule has 28 heavy (non-hydrogen) atoms. The van der Waals surface area contributed by atoms with Crippen molar-refractivity contribution in [2.24, 2.45) is 0 Å². The smallest absolute Gasteiger partial charge is 0.256 e. The number of carbonyl (C=O) groups is 1. The normalized spacial score (nSPS) is 19.7. The fourth-order valence-electron chi connectivity index (χ4n) is 3.44. The van der Waals surface area contributed by atoms with Gasteiger partial charge in [-0.05, 0) is 43.2 Å². The van der Waals surface area contributed by atoms with Crippen LogP contribution in [0.5, 0.6) is 5.75 Å². The second kappa shape index (κ2) is 9.12. The number of amides is 1. The second-order valence-corrected chi connectivity index (χ2v) is 7.07. The summed E-state index contributed by atoms with van der Waals surface area (Å²) in [6.07, 6.45) is 3.50. The number of benzene rings is 1. The molecule has 1 aromatic heterocycles. The number of ether oxygens (including phenoxy) is 1. The average molecular weight is 387 g/mol. The summed E-state index contributed by atoms with van der Waals surface area (Å²) < 4.78 is 19.3. The van der Waals surface area contributed by atoms with Crippen LogP contribution in [-0.2, 0) is 17.8 Å². The molecule has 3 rings (SSSR count). The monoisotopic (exact) mass is 387 g/mol. The lowest BCUT2D eigenvalue weighted by Crippen LogP contribution is -2.57. The summed E-state index contributed by atoms with van der Waals surface area (Å²) in [4.78, 5) is 18.6. The third-order valence-corrected chi connectivity index (χ3v) is 5.02. The van der Waals surface area contributed by atoms with E-state index in [-0.39, 0.29) is 19.0 Å². The quantitative estimate of drug-likeness (QED) is 0.677. The van der Waals surface area contributed by atoms with Crippen molar-refractivity contribution in [3.8, 4) is 5.75 Å². The van der Waals surface area contributed by atoms with Crippen LogP contribution in [0.3, 0.4) is 0 Å². The number of nitrogens with one attached hydrogen (secondary N) is 1. The van der Waals surface area contributed by atoms with E-state index in [0.717, 1.165) is 5.69 Å². The van der Waals surface area contributed by atoms with E-state index in [9.17, 15) is 14.3 Å². The van der Waals surface area contributed by atoms with Crippen LogP contribution in [0.4, 0.5) is 4.39 Å². The van der Waals surface area contributed by atoms with Crippen molar-refractivity contribution in [2.45, 2.75) is 31.4 Å². The van der Waals surface area contributed by atoms with Gasteiger partial charge in [-0.3, -0.25) is 9.78 Å². The number of carbonyl (C=O) groups excluding carboxylic acids is 1. The number of nitrogens with zero attached hydrogens (tertiary/aromatic N) is 2. The van der Waals surface area contributed by atoms with E-state index in [2.05, 4.69) is 10.3 Å². The van der Waals surface area contributed by atoms with Gasteiger partial charge in [-0.15, -0.1) is 0 Å². The third-order valence-electron chi connectivity index (χ3n) is 5.02. The summed E-state index contributed by atoms with van der Waals surface area (Å²) in [6.45, 7) is 1.37. The molecule has 1 saturated heterocycles. The number of hydrogen-bond acceptors (Lipinski definition) is 5. The Kier molecular flexibility index (Phi) is 6.59. The van der Waals surface area contributed by atoms with Crippen molar-refractivity contribution in [1.29, 1.82) is 0 Å². The molecule has 6 nitrogen and oxygen atoms in total. The lowest BCUT2D eigenvalue weighted by Gasteiger charge is -2.38. The van der Waals surface area contributed by atoms with Crippen LogP contribution in [-0.4, -0.2) is 53.2 Å². The van der Waals surface area contributed by atoms with Crippen LogP contribution in [0.2, 0.25) is 0 Å². The highest BCUT2D eigenvalue weighted by Crippen LogP contribution is 2.25. The van der Waals surface area contributed by atoms with Crippen molar-refractivity contribution >= 4 is 5.91 Å². The van der Waals surface area contributed by atoms with Gasteiger partial charge in [-0.1, -0.05) is 6.07 Å². The van der Waals surface area contributed by atoms with Gasteiger partial charge < -0.3 is 20.1 Å². The average Bonchev–Trinajstić information content (AvgIpc) is 2.71. The zero-order valence-corrected chi connectivity index (χ0v) is 16.0. The zero-order valence-electron chi connectivity index (χ0n) is 16.0. The van der Waals surface area contributed by atoms with Crippen molar-refractivity contribution < 1.29 is 19.0 Å². The first-order chi connectivity index (χ1) is 13.5. The molecule has 2 heterocycles. The first kappa shape index (κ1) is 20.2. The number of piperidine rings is 1. The van der Waals surface area contributed by atoms with Crippen LogP contribution in [0.25, 0.3) is 0 Å². The molecule has 1 aromatic carbocycles. The SMILES string of the molecule is COc1ccc(F)c(CN2CCC[C@](O)(CNCCc3ccccn3)C2=O)c1. The van der Waals surface area contributed by atoms with Crippen LogP contribution in [0.15, 0.2) is 42.6 Å². The van der Waals surface area contributed by atoms with Gasteiger partial charge in [0.25, 0.3) is 5.91 Å². The number of aliphatic hydroxyl groups is 1.